The van der Waals surface area contributed by atoms with Gasteiger partial charge >= 0.3 is 18.1 Å². The van der Waals surface area contributed by atoms with Gasteiger partial charge in [-0.05, 0) is 79.5 Å². The van der Waals surface area contributed by atoms with Gasteiger partial charge in [-0.3, -0.25) is 57.6 Å². The molecule has 4 heterocycles. The first-order chi connectivity index (χ1) is 51.1. The lowest BCUT2D eigenvalue weighted by Crippen LogP contribution is -2.55. The fraction of sp³-hybridized carbons (Fsp3) is 0.667. The van der Waals surface area contributed by atoms with Gasteiger partial charge in [0.25, 0.3) is 0 Å². The molecular weight excluding hydrogens is 1470 g/mol. The zero-order valence-electron chi connectivity index (χ0n) is 64.4. The Morgan fingerprint density at radius 2 is 1.37 bits per heavy atom. The lowest BCUT2D eigenvalue weighted by Gasteiger charge is -2.41. The molecule has 0 aromatic heterocycles. The highest BCUT2D eigenvalue weighted by molar-refractivity contribution is 8.21. The highest BCUT2D eigenvalue weighted by atomic mass is 32.2. The monoisotopic (exact) mass is 1580 g/mol. The molecule has 2 aromatic carbocycles. The number of nitrogens with zero attached hydrogens (tertiary/aromatic N) is 4. The third kappa shape index (κ3) is 24.5. The lowest BCUT2D eigenvalue weighted by molar-refractivity contribution is -0.149. The number of benzene rings is 2. The van der Waals surface area contributed by atoms with Gasteiger partial charge in [-0.15, -0.1) is 47.0 Å². The minimum atomic E-state index is -1.15. The number of imide groups is 1. The van der Waals surface area contributed by atoms with Crippen molar-refractivity contribution in [1.29, 1.82) is 0 Å². The van der Waals surface area contributed by atoms with E-state index in [1.165, 1.54) is 49.7 Å². The van der Waals surface area contributed by atoms with Crippen LogP contribution in [0.1, 0.15) is 138 Å². The molecule has 4 aliphatic rings. The van der Waals surface area contributed by atoms with Gasteiger partial charge in [-0.25, -0.2) is 9.59 Å². The Bertz CT molecular complexity index is 3410. The number of hydrogen-bond donors (Lipinski definition) is 8. The number of hydrogen-bond acceptors (Lipinski definition) is 22. The quantitative estimate of drug-likeness (QED) is 0.0275. The van der Waals surface area contributed by atoms with Crippen molar-refractivity contribution in [3.8, 4) is 0 Å². The van der Waals surface area contributed by atoms with Crippen LogP contribution in [0.5, 0.6) is 0 Å². The maximum Gasteiger partial charge on any atom is 0.410 e. The molecule has 0 aliphatic carbocycles. The number of carbonyl (C=O) groups is 13. The number of nitrogens with two attached hydrogens (primary N) is 1. The van der Waals surface area contributed by atoms with E-state index in [0.717, 1.165) is 28.4 Å². The second-order valence-electron chi connectivity index (χ2n) is 29.3. The molecule has 11 amide bonds. The van der Waals surface area contributed by atoms with Crippen LogP contribution in [0, 0.1) is 41.4 Å². The number of carboxylic acid groups (broad SMARTS) is 1. The molecule has 4 saturated heterocycles. The fourth-order valence-electron chi connectivity index (χ4n) is 14.3. The van der Waals surface area contributed by atoms with E-state index in [1.807, 2.05) is 45.9 Å². The summed E-state index contributed by atoms with van der Waals surface area (Å²) in [7, 11) is 6.14. The SMILES string of the molecule is CC[C@H](C)[C@@H]([C@@H](CC(=O)N1CCC[C@H]1[C@H](OC)[C@@H](C)C(=O)N[C@H](C)[C@@H](O)c1ccccc1)OC)N(C)C(=O)[C@@H](CC(=O)[C@H](C(C)C)N(C)C(=O)OCc1ccc(NC(=O)[C@H](CCCNC(N)=O)CC(=O)[C@@H](NC(=O)COC(CNC(=O)C2SCSC2C(=O)O)CN2C(=O)C3SCSC3C2=O)C(C)C)cc1)C(C)C. The number of ketones is 2. The van der Waals surface area contributed by atoms with E-state index in [2.05, 4.69) is 26.6 Å². The second-order valence-corrected chi connectivity index (χ2v) is 34.5. The van der Waals surface area contributed by atoms with Crippen LogP contribution in [0.15, 0.2) is 54.6 Å². The second kappa shape index (κ2) is 43.0. The molecule has 4 fully saturated rings. The molecule has 0 spiro atoms. The number of nitrogens with one attached hydrogen (secondary N) is 5. The largest absolute Gasteiger partial charge is 0.480 e. The lowest BCUT2D eigenvalue weighted by atomic mass is 9.83. The van der Waals surface area contributed by atoms with Crippen molar-refractivity contribution in [2.24, 2.45) is 47.2 Å². The molecule has 0 radical (unpaired) electrons. The van der Waals surface area contributed by atoms with Crippen molar-refractivity contribution in [3.05, 3.63) is 65.7 Å². The first-order valence-corrected chi connectivity index (χ1v) is 41.1. The van der Waals surface area contributed by atoms with E-state index in [9.17, 15) is 72.5 Å². The minimum Gasteiger partial charge on any atom is -0.480 e. The molecule has 17 atom stereocenters. The van der Waals surface area contributed by atoms with Crippen LogP contribution in [0.4, 0.5) is 15.3 Å². The normalized spacial score (nSPS) is 21.1. The number of aliphatic hydroxyl groups excluding tert-OH is 1. The Balaban J connectivity index is 1.05. The smallest absolute Gasteiger partial charge is 0.410 e. The molecule has 9 N–H and O–H groups in total. The van der Waals surface area contributed by atoms with Gasteiger partial charge in [0.2, 0.25) is 47.3 Å². The van der Waals surface area contributed by atoms with Gasteiger partial charge in [0.15, 0.2) is 11.6 Å². The molecule has 6 rings (SSSR count). The first kappa shape index (κ1) is 89.9. The number of anilines is 1. The van der Waals surface area contributed by atoms with E-state index in [4.69, 9.17) is 24.7 Å². The van der Waals surface area contributed by atoms with Gasteiger partial charge in [-0.1, -0.05) is 111 Å². The number of likely N-dealkylation sites (tertiary alicyclic amines) is 2. The number of primary amides is 1. The highest BCUT2D eigenvalue weighted by Gasteiger charge is 2.52. The average molecular weight is 1590 g/mol. The zero-order valence-corrected chi connectivity index (χ0v) is 67.7. The molecule has 108 heavy (non-hydrogen) atoms. The van der Waals surface area contributed by atoms with E-state index in [-0.39, 0.29) is 93.7 Å². The number of carboxylic acids is 1. The predicted molar refractivity (Wildman–Crippen MR) is 414 cm³/mol. The number of rotatable bonds is 43. The van der Waals surface area contributed by atoms with Gasteiger partial charge in [0.1, 0.15) is 34.2 Å². The molecule has 600 valence electrons. The summed E-state index contributed by atoms with van der Waals surface area (Å²) in [6.45, 7) is 17.1. The van der Waals surface area contributed by atoms with Gasteiger partial charge in [-0.2, -0.15) is 0 Å². The minimum absolute atomic E-state index is 0.0860. The van der Waals surface area contributed by atoms with Crippen LogP contribution in [0.3, 0.4) is 0 Å². The average Bonchev–Trinajstić information content (AvgIpc) is 1.62. The topological polar surface area (TPSA) is 398 Å². The Morgan fingerprint density at radius 1 is 0.731 bits per heavy atom. The number of likely N-dealkylation sites (N-methyl/N-ethyl adjacent to an activating group) is 2. The number of thioether (sulfide) groups is 4. The number of fused-ring (bicyclic) bond motifs is 1. The molecule has 4 aliphatic heterocycles. The molecule has 2 aromatic rings. The number of aliphatic hydroxyl groups is 1. The summed E-state index contributed by atoms with van der Waals surface area (Å²) in [5.41, 5.74) is 6.79. The summed E-state index contributed by atoms with van der Waals surface area (Å²) in [5, 5.41) is 32.1. The van der Waals surface area contributed by atoms with Crippen molar-refractivity contribution >= 4 is 130 Å². The van der Waals surface area contributed by atoms with Crippen molar-refractivity contribution in [3.63, 3.8) is 0 Å². The maximum absolute atomic E-state index is 14.9. The van der Waals surface area contributed by atoms with Crippen LogP contribution >= 0.6 is 47.0 Å². The Hall–Kier alpha value is -7.01. The number of ether oxygens (including phenoxy) is 4. The standard InChI is InChI=1S/C75H112N10O19S4/c1-15-43(8)60(55(101-13)33-57(89)84-30-20-24-52(84)62(102-14)44(9)67(91)79-45(10)61(90)47-21-17-16-18-22-47)82(11)70(94)51(40(2)3)32-54(87)59(42(6)7)83(12)75(100)104-36-46-25-27-49(28-26-46)80-68(92)48(23-19-29-77-74(76)99)31-53(86)58(41(4)5)81-56(88)37-103-50(34-78-69(93)63-66(73(97)98)108-38-105-63)35-85-71(95)64-65(72(85)96)107-39-106-64/h16-18,21-22,25-28,40-45,48,50-52,55,58-66,90H,15,19-20,23-24,29-39H2,1-14H3,(H,78,93)(H,79,91)(H,80,92)(H,81,88)(H,97,98)(H3,76,77,99)/t43-,44+,45+,48+,50?,51-,52-,55+,58-,59-,60-,61+,62+,63?,64?,65?,66?/m0/s1. The third-order valence-electron chi connectivity index (χ3n) is 20.6. The number of methoxy groups -OCH3 is 2. The first-order valence-electron chi connectivity index (χ1n) is 36.9. The van der Waals surface area contributed by atoms with Crippen molar-refractivity contribution < 1.29 is 91.5 Å². The summed E-state index contributed by atoms with van der Waals surface area (Å²) < 4.78 is 23.8. The van der Waals surface area contributed by atoms with Gasteiger partial charge in [0, 0.05) is 88.5 Å². The molecule has 0 saturated carbocycles. The van der Waals surface area contributed by atoms with E-state index in [1.54, 1.807) is 94.8 Å². The number of carbonyl (C=O) groups excluding carboxylic acids is 12. The van der Waals surface area contributed by atoms with Crippen LogP contribution in [-0.4, -0.2) is 248 Å². The molecule has 5 unspecified atom stereocenters. The van der Waals surface area contributed by atoms with E-state index in [0.29, 0.717) is 52.8 Å². The van der Waals surface area contributed by atoms with Crippen molar-refractivity contribution in [1.82, 2.24) is 40.9 Å². The van der Waals surface area contributed by atoms with Gasteiger partial charge in [0.05, 0.1) is 73.5 Å². The number of Topliss-reactive ketones (excluding diaryl/α,β-unsaturated/α-hetero) is 2. The summed E-state index contributed by atoms with van der Waals surface area (Å²) in [6, 6.07) is 10.8. The highest BCUT2D eigenvalue weighted by Crippen LogP contribution is 2.43. The third-order valence-corrected chi connectivity index (χ3v) is 26.5. The molecule has 0 bridgehead atoms. The van der Waals surface area contributed by atoms with Crippen LogP contribution in [0.2, 0.25) is 0 Å². The Labute approximate surface area is 650 Å². The Morgan fingerprint density at radius 3 is 1.95 bits per heavy atom. The molecule has 33 heteroatoms. The molecular formula is C75H112N10O19S4. The van der Waals surface area contributed by atoms with Crippen molar-refractivity contribution in [2.75, 3.05) is 76.6 Å². The van der Waals surface area contributed by atoms with Crippen LogP contribution < -0.4 is 32.3 Å². The number of urea groups is 1. The van der Waals surface area contributed by atoms with Crippen molar-refractivity contribution in [2.45, 2.75) is 203 Å². The van der Waals surface area contributed by atoms with Gasteiger partial charge < -0.3 is 76.2 Å². The summed E-state index contributed by atoms with van der Waals surface area (Å²) in [5.74, 6) is -9.62. The number of aliphatic carboxylic acids is 1. The Kier molecular flexibility index (Phi) is 35.8. The fourth-order valence-corrected chi connectivity index (χ4v) is 20.3. The van der Waals surface area contributed by atoms with Crippen LogP contribution in [0.25, 0.3) is 0 Å². The predicted octanol–water partition coefficient (Wildman–Crippen LogP) is 6.08. The summed E-state index contributed by atoms with van der Waals surface area (Å²) >= 11 is 4.95. The zero-order chi connectivity index (χ0) is 80.0. The summed E-state index contributed by atoms with van der Waals surface area (Å²) in [4.78, 5) is 183. The van der Waals surface area contributed by atoms with E-state index < -0.39 is 165 Å². The van der Waals surface area contributed by atoms with Crippen LogP contribution in [-0.2, 0) is 78.3 Å². The summed E-state index contributed by atoms with van der Waals surface area (Å²) in [6.07, 6.45) is -2.75. The number of amides is 11. The molecule has 29 nitrogen and oxygen atoms in total. The maximum atomic E-state index is 14.9. The van der Waals surface area contributed by atoms with E-state index >= 15 is 0 Å².